The zero-order valence-electron chi connectivity index (χ0n) is 26.7. The van der Waals surface area contributed by atoms with Crippen molar-refractivity contribution in [3.05, 3.63) is 47.2 Å². The summed E-state index contributed by atoms with van der Waals surface area (Å²) < 4.78 is 18.3. The van der Waals surface area contributed by atoms with E-state index in [2.05, 4.69) is 37.1 Å². The molecule has 0 saturated carbocycles. The first-order valence-electron chi connectivity index (χ1n) is 16.8. The molecule has 1 saturated heterocycles. The number of esters is 1. The van der Waals surface area contributed by atoms with Crippen molar-refractivity contribution in [1.82, 2.24) is 4.90 Å². The van der Waals surface area contributed by atoms with Gasteiger partial charge in [0, 0.05) is 24.4 Å². The van der Waals surface area contributed by atoms with Gasteiger partial charge in [-0.05, 0) is 76.2 Å². The lowest BCUT2D eigenvalue weighted by atomic mass is 9.50. The molecule has 5 rings (SSSR count). The fraction of sp³-hybridized carbons (Fsp3) is 0.694. The topological polar surface area (TPSA) is 68.2 Å². The fourth-order valence-corrected chi connectivity index (χ4v) is 8.11. The Morgan fingerprint density at radius 1 is 1.05 bits per heavy atom. The number of aliphatic hydroxyl groups is 1. The van der Waals surface area contributed by atoms with E-state index in [9.17, 15) is 9.90 Å². The van der Waals surface area contributed by atoms with Crippen LogP contribution >= 0.6 is 12.4 Å². The molecular formula is C36H54ClNO5. The minimum absolute atomic E-state index is 0. The molecule has 0 radical (unpaired) electrons. The van der Waals surface area contributed by atoms with E-state index in [4.69, 9.17) is 14.2 Å². The van der Waals surface area contributed by atoms with Crippen LogP contribution in [0.15, 0.2) is 36.1 Å². The van der Waals surface area contributed by atoms with Crippen molar-refractivity contribution < 1.29 is 24.1 Å². The Morgan fingerprint density at radius 3 is 2.42 bits per heavy atom. The summed E-state index contributed by atoms with van der Waals surface area (Å²) in [5.41, 5.74) is 0.664. The number of hydrogen-bond acceptors (Lipinski definition) is 6. The van der Waals surface area contributed by atoms with E-state index in [0.29, 0.717) is 30.1 Å². The van der Waals surface area contributed by atoms with Crippen LogP contribution in [0.4, 0.5) is 0 Å². The molecule has 1 spiro atoms. The number of unbranched alkanes of at least 4 members (excludes halogenated alkanes) is 11. The number of halogens is 1. The molecule has 1 fully saturated rings. The van der Waals surface area contributed by atoms with Gasteiger partial charge in [0.15, 0.2) is 17.6 Å². The molecule has 1 N–H and O–H groups in total. The van der Waals surface area contributed by atoms with Crippen molar-refractivity contribution >= 4 is 18.4 Å². The quantitative estimate of drug-likeness (QED) is 0.109. The molecule has 2 bridgehead atoms. The third kappa shape index (κ3) is 6.67. The van der Waals surface area contributed by atoms with Crippen LogP contribution in [-0.4, -0.2) is 54.4 Å². The van der Waals surface area contributed by atoms with Gasteiger partial charge in [0.2, 0.25) is 0 Å². The molecule has 2 heterocycles. The number of allylic oxidation sites excluding steroid dienone is 2. The lowest BCUT2D eigenvalue weighted by molar-refractivity contribution is -0.169. The van der Waals surface area contributed by atoms with E-state index in [1.807, 2.05) is 12.1 Å². The number of hydrogen-bond donors (Lipinski definition) is 1. The molecule has 0 amide bonds. The minimum atomic E-state index is -0.978. The molecule has 240 valence electrons. The third-order valence-electron chi connectivity index (χ3n) is 10.4. The number of likely N-dealkylation sites (tertiary alicyclic amines) is 1. The molecule has 7 heteroatoms. The maximum absolute atomic E-state index is 13.0. The summed E-state index contributed by atoms with van der Waals surface area (Å²) >= 11 is 0. The highest BCUT2D eigenvalue weighted by Gasteiger charge is 2.72. The highest BCUT2D eigenvalue weighted by atomic mass is 35.5. The summed E-state index contributed by atoms with van der Waals surface area (Å²) in [6.45, 7) is 3.13. The van der Waals surface area contributed by atoms with E-state index in [-0.39, 0.29) is 24.4 Å². The highest BCUT2D eigenvalue weighted by molar-refractivity contribution is 5.85. The lowest BCUT2D eigenvalue weighted by Gasteiger charge is -2.61. The normalized spacial score (nSPS) is 26.8. The van der Waals surface area contributed by atoms with Gasteiger partial charge in [0.1, 0.15) is 5.76 Å². The molecule has 0 unspecified atom stereocenters. The molecule has 4 aliphatic rings. The van der Waals surface area contributed by atoms with Crippen molar-refractivity contribution in [3.8, 4) is 11.5 Å². The second-order valence-corrected chi connectivity index (χ2v) is 13.1. The number of rotatable bonds is 17. The summed E-state index contributed by atoms with van der Waals surface area (Å²) in [7, 11) is 3.75. The van der Waals surface area contributed by atoms with Gasteiger partial charge in [-0.15, -0.1) is 12.4 Å². The average Bonchev–Trinajstić information content (AvgIpc) is 3.34. The summed E-state index contributed by atoms with van der Waals surface area (Å²) in [6.07, 6.45) is 24.5. The molecule has 6 nitrogen and oxygen atoms in total. The van der Waals surface area contributed by atoms with Crippen molar-refractivity contribution in [2.75, 3.05) is 20.7 Å². The molecular weight excluding hydrogens is 562 g/mol. The number of carbonyl (C=O) groups excluding carboxylic acids is 1. The second kappa shape index (κ2) is 15.3. The standard InChI is InChI=1S/C36H53NO5.ClH/c1-4-5-6-7-8-9-10-11-12-13-14-15-16-17-18-19-31(38)41-29-22-23-36(39)30-26-27-20-21-28(40-3)33-32(27)35(36,34(29)42-33)24-25-37(30)2;/h11-12,20-22,30,34,39H,4-10,13-19,23-26H2,1-3H3;1H/b12-11-;/t30-,34-,35-,36+;/m0./s1. The van der Waals surface area contributed by atoms with E-state index < -0.39 is 17.1 Å². The SMILES string of the molecule is CCCCCCCC/C=C\CCCCCCCC(=O)OC1=CC[C@@]2(O)[C@@H]3Cc4ccc(OC)c5c4[C@@]2(CCN3C)[C@H]1O5.Cl. The minimum Gasteiger partial charge on any atom is -0.493 e. The Morgan fingerprint density at radius 2 is 1.72 bits per heavy atom. The van der Waals surface area contributed by atoms with E-state index in [1.54, 1.807) is 7.11 Å². The van der Waals surface area contributed by atoms with Gasteiger partial charge in [0.05, 0.1) is 18.1 Å². The van der Waals surface area contributed by atoms with Gasteiger partial charge in [-0.25, -0.2) is 0 Å². The van der Waals surface area contributed by atoms with Crippen LogP contribution in [0.5, 0.6) is 11.5 Å². The van der Waals surface area contributed by atoms with Crippen LogP contribution in [0.3, 0.4) is 0 Å². The Balaban J connectivity index is 0.00000423. The van der Waals surface area contributed by atoms with Gasteiger partial charge in [-0.2, -0.15) is 0 Å². The lowest BCUT2D eigenvalue weighted by Crippen LogP contribution is -2.74. The number of nitrogens with zero attached hydrogens (tertiary/aromatic N) is 1. The van der Waals surface area contributed by atoms with E-state index in [0.717, 1.165) is 50.6 Å². The zero-order valence-corrected chi connectivity index (χ0v) is 27.5. The van der Waals surface area contributed by atoms with Crippen molar-refractivity contribution in [3.63, 3.8) is 0 Å². The Labute approximate surface area is 265 Å². The van der Waals surface area contributed by atoms with Crippen LogP contribution in [0, 0.1) is 0 Å². The molecule has 1 aromatic rings. The molecule has 1 aromatic carbocycles. The average molecular weight is 616 g/mol. The Hall–Kier alpha value is -2.02. The number of carbonyl (C=O) groups is 1. The van der Waals surface area contributed by atoms with Crippen molar-refractivity contribution in [2.45, 2.75) is 139 Å². The Kier molecular flexibility index (Phi) is 12.1. The predicted octanol–water partition coefficient (Wildman–Crippen LogP) is 7.98. The molecule has 4 atom stereocenters. The predicted molar refractivity (Wildman–Crippen MR) is 174 cm³/mol. The van der Waals surface area contributed by atoms with Crippen LogP contribution < -0.4 is 9.47 Å². The number of methoxy groups -OCH3 is 1. The van der Waals surface area contributed by atoms with Crippen LogP contribution in [0.25, 0.3) is 0 Å². The van der Waals surface area contributed by atoms with E-state index >= 15 is 0 Å². The van der Waals surface area contributed by atoms with Gasteiger partial charge in [-0.1, -0.05) is 76.5 Å². The first-order valence-corrected chi connectivity index (χ1v) is 16.8. The highest BCUT2D eigenvalue weighted by Crippen LogP contribution is 2.65. The summed E-state index contributed by atoms with van der Waals surface area (Å²) in [6, 6.07) is 4.08. The fourth-order valence-electron chi connectivity index (χ4n) is 8.11. The Bertz CT molecular complexity index is 1150. The third-order valence-corrected chi connectivity index (χ3v) is 10.4. The first kappa shape index (κ1) is 33.9. The largest absolute Gasteiger partial charge is 0.493 e. The first-order chi connectivity index (χ1) is 20.5. The number of piperidine rings is 1. The summed E-state index contributed by atoms with van der Waals surface area (Å²) in [5.74, 6) is 1.75. The molecule has 2 aliphatic heterocycles. The molecule has 2 aliphatic carbocycles. The van der Waals surface area contributed by atoms with Gasteiger partial charge in [0.25, 0.3) is 0 Å². The smallest absolute Gasteiger partial charge is 0.310 e. The zero-order chi connectivity index (χ0) is 29.6. The van der Waals surface area contributed by atoms with Gasteiger partial charge in [-0.3, -0.25) is 4.79 Å². The maximum Gasteiger partial charge on any atom is 0.310 e. The number of likely N-dealkylation sites (N-methyl/N-ethyl adjacent to an activating group) is 1. The van der Waals surface area contributed by atoms with Crippen molar-refractivity contribution in [2.24, 2.45) is 0 Å². The molecule has 0 aromatic heterocycles. The van der Waals surface area contributed by atoms with Gasteiger partial charge >= 0.3 is 5.97 Å². The van der Waals surface area contributed by atoms with Crippen LogP contribution in [-0.2, 0) is 21.4 Å². The monoisotopic (exact) mass is 615 g/mol. The maximum atomic E-state index is 13.0. The van der Waals surface area contributed by atoms with Gasteiger partial charge < -0.3 is 24.2 Å². The number of benzene rings is 1. The van der Waals surface area contributed by atoms with Crippen LogP contribution in [0.2, 0.25) is 0 Å². The van der Waals surface area contributed by atoms with E-state index in [1.165, 1.54) is 63.4 Å². The summed E-state index contributed by atoms with van der Waals surface area (Å²) in [5, 5.41) is 12.3. The van der Waals surface area contributed by atoms with Crippen LogP contribution in [0.1, 0.15) is 121 Å². The second-order valence-electron chi connectivity index (χ2n) is 13.1. The summed E-state index contributed by atoms with van der Waals surface area (Å²) in [4.78, 5) is 15.3. The van der Waals surface area contributed by atoms with Crippen molar-refractivity contribution in [1.29, 1.82) is 0 Å². The number of ether oxygens (including phenoxy) is 3. The molecule has 43 heavy (non-hydrogen) atoms.